The van der Waals surface area contributed by atoms with E-state index in [4.69, 9.17) is 15.6 Å². The molecule has 0 radical (unpaired) electrons. The molecule has 0 amide bonds. The molecule has 3 rings (SSSR count). The number of nitrogens with two attached hydrogens (primary N) is 1. The highest BCUT2D eigenvalue weighted by atomic mass is 32.1. The SMILES string of the molecule is CCOc1ccc2nc3sc(C(=O)O)c(N)c3cc2c1. The zero-order valence-corrected chi connectivity index (χ0v) is 11.5. The van der Waals surface area contributed by atoms with Gasteiger partial charge in [-0.3, -0.25) is 0 Å². The second-order valence-corrected chi connectivity index (χ2v) is 5.28. The Morgan fingerprint density at radius 2 is 2.25 bits per heavy atom. The lowest BCUT2D eigenvalue weighted by atomic mass is 10.1. The van der Waals surface area contributed by atoms with Crippen LogP contribution in [-0.4, -0.2) is 22.7 Å². The third kappa shape index (κ3) is 1.94. The van der Waals surface area contributed by atoms with E-state index >= 15 is 0 Å². The first-order valence-electron chi connectivity index (χ1n) is 6.09. The van der Waals surface area contributed by atoms with Crippen LogP contribution in [0, 0.1) is 0 Å². The van der Waals surface area contributed by atoms with E-state index in [-0.39, 0.29) is 10.6 Å². The van der Waals surface area contributed by atoms with E-state index in [1.165, 1.54) is 0 Å². The van der Waals surface area contributed by atoms with Crippen LogP contribution >= 0.6 is 11.3 Å². The molecule has 0 bridgehead atoms. The van der Waals surface area contributed by atoms with E-state index in [1.54, 1.807) is 0 Å². The molecule has 20 heavy (non-hydrogen) atoms. The van der Waals surface area contributed by atoms with Crippen molar-refractivity contribution in [3.8, 4) is 5.75 Å². The molecule has 0 unspecified atom stereocenters. The minimum atomic E-state index is -1.02. The Hall–Kier alpha value is -2.34. The number of nitrogen functional groups attached to an aromatic ring is 1. The monoisotopic (exact) mass is 288 g/mol. The maximum atomic E-state index is 11.1. The summed E-state index contributed by atoms with van der Waals surface area (Å²) in [7, 11) is 0. The van der Waals surface area contributed by atoms with Gasteiger partial charge in [0, 0.05) is 10.8 Å². The molecule has 0 aliphatic heterocycles. The number of aromatic carboxylic acids is 1. The highest BCUT2D eigenvalue weighted by Crippen LogP contribution is 2.35. The van der Waals surface area contributed by atoms with Gasteiger partial charge in [0.25, 0.3) is 0 Å². The maximum Gasteiger partial charge on any atom is 0.348 e. The van der Waals surface area contributed by atoms with Gasteiger partial charge in [-0.05, 0) is 31.2 Å². The van der Waals surface area contributed by atoms with Gasteiger partial charge in [-0.15, -0.1) is 11.3 Å². The molecule has 0 spiro atoms. The Morgan fingerprint density at radius 1 is 1.45 bits per heavy atom. The van der Waals surface area contributed by atoms with E-state index in [9.17, 15) is 4.79 Å². The van der Waals surface area contributed by atoms with E-state index < -0.39 is 5.97 Å². The molecule has 0 aliphatic carbocycles. The van der Waals surface area contributed by atoms with Gasteiger partial charge < -0.3 is 15.6 Å². The van der Waals surface area contributed by atoms with Crippen LogP contribution in [0.25, 0.3) is 21.1 Å². The van der Waals surface area contributed by atoms with E-state index in [0.29, 0.717) is 16.8 Å². The number of benzene rings is 1. The number of hydrogen-bond donors (Lipinski definition) is 2. The Bertz CT molecular complexity index is 826. The van der Waals surface area contributed by atoms with Crippen molar-refractivity contribution in [3.05, 3.63) is 29.1 Å². The normalized spacial score (nSPS) is 11.1. The number of hydrogen-bond acceptors (Lipinski definition) is 5. The van der Waals surface area contributed by atoms with Crippen molar-refractivity contribution in [2.75, 3.05) is 12.3 Å². The summed E-state index contributed by atoms with van der Waals surface area (Å²) in [6.45, 7) is 2.51. The average molecular weight is 288 g/mol. The molecular weight excluding hydrogens is 276 g/mol. The van der Waals surface area contributed by atoms with Gasteiger partial charge in [-0.25, -0.2) is 9.78 Å². The van der Waals surface area contributed by atoms with Gasteiger partial charge in [-0.2, -0.15) is 0 Å². The molecular formula is C14H12N2O3S. The summed E-state index contributed by atoms with van der Waals surface area (Å²) >= 11 is 1.09. The van der Waals surface area contributed by atoms with Gasteiger partial charge in [0.05, 0.1) is 17.8 Å². The Labute approximate surface area is 118 Å². The van der Waals surface area contributed by atoms with Gasteiger partial charge in [-0.1, -0.05) is 0 Å². The number of carboxylic acids is 1. The van der Waals surface area contributed by atoms with Gasteiger partial charge in [0.15, 0.2) is 0 Å². The molecule has 3 aromatic rings. The van der Waals surface area contributed by atoms with Crippen LogP contribution in [0.5, 0.6) is 5.75 Å². The third-order valence-electron chi connectivity index (χ3n) is 2.99. The molecule has 0 saturated heterocycles. The predicted octanol–water partition coefficient (Wildman–Crippen LogP) is 3.13. The summed E-state index contributed by atoms with van der Waals surface area (Å²) in [5.41, 5.74) is 6.95. The molecule has 5 nitrogen and oxygen atoms in total. The molecule has 1 aromatic carbocycles. The number of thiophene rings is 1. The highest BCUT2D eigenvalue weighted by Gasteiger charge is 2.16. The minimum Gasteiger partial charge on any atom is -0.494 e. The average Bonchev–Trinajstić information content (AvgIpc) is 2.74. The van der Waals surface area contributed by atoms with Gasteiger partial charge >= 0.3 is 5.97 Å². The Morgan fingerprint density at radius 3 is 2.95 bits per heavy atom. The lowest BCUT2D eigenvalue weighted by Gasteiger charge is -2.04. The fraction of sp³-hybridized carbons (Fsp3) is 0.143. The van der Waals surface area contributed by atoms with Gasteiger partial charge in [0.1, 0.15) is 15.5 Å². The van der Waals surface area contributed by atoms with E-state index in [0.717, 1.165) is 28.0 Å². The molecule has 0 saturated carbocycles. The Kier molecular flexibility index (Phi) is 2.94. The van der Waals surface area contributed by atoms with Crippen LogP contribution in [-0.2, 0) is 0 Å². The highest BCUT2D eigenvalue weighted by molar-refractivity contribution is 7.21. The predicted molar refractivity (Wildman–Crippen MR) is 79.7 cm³/mol. The first-order chi connectivity index (χ1) is 9.60. The zero-order chi connectivity index (χ0) is 14.3. The van der Waals surface area contributed by atoms with Crippen molar-refractivity contribution in [3.63, 3.8) is 0 Å². The van der Waals surface area contributed by atoms with Gasteiger partial charge in [0.2, 0.25) is 0 Å². The molecule has 0 atom stereocenters. The summed E-state index contributed by atoms with van der Waals surface area (Å²) in [6, 6.07) is 7.44. The van der Waals surface area contributed by atoms with E-state index in [2.05, 4.69) is 4.98 Å². The van der Waals surface area contributed by atoms with Crippen LogP contribution in [0.1, 0.15) is 16.6 Å². The number of ether oxygens (including phenoxy) is 1. The summed E-state index contributed by atoms with van der Waals surface area (Å²) in [5, 5.41) is 10.7. The lowest BCUT2D eigenvalue weighted by molar-refractivity contribution is 0.0703. The second kappa shape index (κ2) is 4.64. The molecule has 102 valence electrons. The smallest absolute Gasteiger partial charge is 0.348 e. The fourth-order valence-corrected chi connectivity index (χ4v) is 3.02. The number of rotatable bonds is 3. The maximum absolute atomic E-state index is 11.1. The first kappa shape index (κ1) is 12.7. The van der Waals surface area contributed by atoms with E-state index in [1.807, 2.05) is 31.2 Å². The number of carboxylic acid groups (broad SMARTS) is 1. The summed E-state index contributed by atoms with van der Waals surface area (Å²) < 4.78 is 5.45. The van der Waals surface area contributed by atoms with Crippen LogP contribution in [0.3, 0.4) is 0 Å². The molecule has 0 fully saturated rings. The van der Waals surface area contributed by atoms with Crippen LogP contribution in [0.15, 0.2) is 24.3 Å². The molecule has 2 aromatic heterocycles. The molecule has 3 N–H and O–H groups in total. The summed E-state index contributed by atoms with van der Waals surface area (Å²) in [4.78, 5) is 16.3. The number of anilines is 1. The fourth-order valence-electron chi connectivity index (χ4n) is 2.10. The number of carbonyl (C=O) groups is 1. The minimum absolute atomic E-state index is 0.132. The zero-order valence-electron chi connectivity index (χ0n) is 10.7. The lowest BCUT2D eigenvalue weighted by Crippen LogP contribution is -1.97. The number of aromatic nitrogens is 1. The standard InChI is InChI=1S/C14H12N2O3S/c1-2-19-8-3-4-10-7(5-8)6-9-11(15)12(14(17)18)20-13(9)16-10/h3-6H,2,15H2,1H3,(H,17,18). The molecule has 2 heterocycles. The van der Waals surface area contributed by atoms with Crippen molar-refractivity contribution < 1.29 is 14.6 Å². The molecule has 0 aliphatic rings. The summed E-state index contributed by atoms with van der Waals surface area (Å²) in [6.07, 6.45) is 0. The van der Waals surface area contributed by atoms with Crippen molar-refractivity contribution in [2.45, 2.75) is 6.92 Å². The van der Waals surface area contributed by atoms with Crippen LogP contribution in [0.2, 0.25) is 0 Å². The van der Waals surface area contributed by atoms with Crippen molar-refractivity contribution >= 4 is 44.1 Å². The first-order valence-corrected chi connectivity index (χ1v) is 6.90. The number of fused-ring (bicyclic) bond motifs is 2. The van der Waals surface area contributed by atoms with Crippen molar-refractivity contribution in [1.29, 1.82) is 0 Å². The number of pyridine rings is 1. The van der Waals surface area contributed by atoms with Crippen molar-refractivity contribution in [2.24, 2.45) is 0 Å². The largest absolute Gasteiger partial charge is 0.494 e. The van der Waals surface area contributed by atoms with Crippen LogP contribution in [0.4, 0.5) is 5.69 Å². The quantitative estimate of drug-likeness (QED) is 0.773. The molecule has 6 heteroatoms. The summed E-state index contributed by atoms with van der Waals surface area (Å²) in [5.74, 6) is -0.266. The number of nitrogens with zero attached hydrogens (tertiary/aromatic N) is 1. The second-order valence-electron chi connectivity index (χ2n) is 4.28. The Balaban J connectivity index is 2.26. The third-order valence-corrected chi connectivity index (χ3v) is 4.09. The topological polar surface area (TPSA) is 85.4 Å². The van der Waals surface area contributed by atoms with Crippen molar-refractivity contribution in [1.82, 2.24) is 4.98 Å². The van der Waals surface area contributed by atoms with Crippen LogP contribution < -0.4 is 10.5 Å².